The average Bonchev–Trinajstić information content (AvgIpc) is 3.10. The Balaban J connectivity index is 1.69. The number of fused-ring (bicyclic) bond motifs is 1. The van der Waals surface area contributed by atoms with Crippen molar-refractivity contribution in [1.82, 2.24) is 20.2 Å². The molecule has 0 fully saturated rings. The molecule has 0 saturated carbocycles. The Morgan fingerprint density at radius 3 is 2.55 bits per heavy atom. The Morgan fingerprint density at radius 2 is 1.86 bits per heavy atom. The third-order valence-corrected chi connectivity index (χ3v) is 5.82. The quantitative estimate of drug-likeness (QED) is 0.474. The zero-order chi connectivity index (χ0) is 21.0. The molecule has 0 saturated heterocycles. The number of hydrogen-bond donors (Lipinski definition) is 2. The monoisotopic (exact) mass is 432 g/mol. The van der Waals surface area contributed by atoms with Crippen molar-refractivity contribution in [2.45, 2.75) is 27.2 Å². The first-order chi connectivity index (χ1) is 13.9. The second kappa shape index (κ2) is 9.61. The van der Waals surface area contributed by atoms with Gasteiger partial charge in [0.15, 0.2) is 0 Å². The fraction of sp³-hybridized carbons (Fsp3) is 0.364. The summed E-state index contributed by atoms with van der Waals surface area (Å²) in [5.74, 6) is 0.671. The Labute approximate surface area is 181 Å². The van der Waals surface area contributed by atoms with E-state index >= 15 is 0 Å². The molecular weight excluding hydrogens is 407 g/mol. The van der Waals surface area contributed by atoms with Gasteiger partial charge in [0.05, 0.1) is 21.1 Å². The van der Waals surface area contributed by atoms with Crippen LogP contribution in [-0.2, 0) is 0 Å². The number of aromatic nitrogens is 2. The minimum atomic E-state index is -0.0534. The maximum absolute atomic E-state index is 12.5. The van der Waals surface area contributed by atoms with Gasteiger partial charge in [-0.05, 0) is 62.8 Å². The van der Waals surface area contributed by atoms with E-state index in [1.807, 2.05) is 25.1 Å². The van der Waals surface area contributed by atoms with Crippen molar-refractivity contribution in [3.05, 3.63) is 51.5 Å². The highest BCUT2D eigenvalue weighted by Gasteiger charge is 2.13. The molecule has 154 valence electrons. The van der Waals surface area contributed by atoms with Gasteiger partial charge in [-0.3, -0.25) is 4.79 Å². The average molecular weight is 433 g/mol. The third-order valence-electron chi connectivity index (χ3n) is 5.10. The molecule has 1 aromatic heterocycles. The van der Waals surface area contributed by atoms with E-state index in [1.165, 1.54) is 0 Å². The Hall–Kier alpha value is -2.08. The van der Waals surface area contributed by atoms with Crippen molar-refractivity contribution in [3.63, 3.8) is 0 Å². The molecule has 0 unspecified atom stereocenters. The number of nitrogens with one attached hydrogen (secondary N) is 2. The number of aromatic amines is 1. The maximum Gasteiger partial charge on any atom is 0.251 e. The maximum atomic E-state index is 12.5. The lowest BCUT2D eigenvalue weighted by Crippen LogP contribution is -2.29. The summed E-state index contributed by atoms with van der Waals surface area (Å²) in [5, 5.41) is 3.96. The normalized spacial score (nSPS) is 11.4. The summed E-state index contributed by atoms with van der Waals surface area (Å²) in [5.41, 5.74) is 4.13. The Bertz CT molecular complexity index is 972. The summed E-state index contributed by atoms with van der Waals surface area (Å²) in [6, 6.07) is 9.15. The number of benzene rings is 2. The number of amides is 1. The predicted octanol–water partition coefficient (Wildman–Crippen LogP) is 5.31. The second-order valence-corrected chi connectivity index (χ2v) is 7.85. The molecule has 3 aromatic rings. The molecule has 0 atom stereocenters. The summed E-state index contributed by atoms with van der Waals surface area (Å²) in [6.07, 6.45) is 0.939. The number of nitrogens with zero attached hydrogens (tertiary/aromatic N) is 2. The van der Waals surface area contributed by atoms with Gasteiger partial charge in [-0.25, -0.2) is 4.98 Å². The fourth-order valence-corrected chi connectivity index (χ4v) is 3.67. The zero-order valence-electron chi connectivity index (χ0n) is 17.0. The van der Waals surface area contributed by atoms with Crippen LogP contribution in [0.5, 0.6) is 0 Å². The van der Waals surface area contributed by atoms with Crippen LogP contribution in [0.2, 0.25) is 10.0 Å². The highest BCUT2D eigenvalue weighted by atomic mass is 35.5. The summed E-state index contributed by atoms with van der Waals surface area (Å²) < 4.78 is 0. The van der Waals surface area contributed by atoms with Crippen LogP contribution in [0.4, 0.5) is 0 Å². The first kappa shape index (κ1) is 21.6. The Morgan fingerprint density at radius 1 is 1.14 bits per heavy atom. The second-order valence-electron chi connectivity index (χ2n) is 7.03. The number of carbonyl (C=O) groups is 1. The molecule has 3 rings (SSSR count). The van der Waals surface area contributed by atoms with Crippen LogP contribution in [-0.4, -0.2) is 47.0 Å². The van der Waals surface area contributed by atoms with Crippen LogP contribution in [0, 0.1) is 6.92 Å². The van der Waals surface area contributed by atoms with Crippen molar-refractivity contribution < 1.29 is 4.79 Å². The van der Waals surface area contributed by atoms with Crippen molar-refractivity contribution in [3.8, 4) is 11.4 Å². The van der Waals surface area contributed by atoms with E-state index in [2.05, 4.69) is 34.0 Å². The van der Waals surface area contributed by atoms with Crippen LogP contribution in [0.3, 0.4) is 0 Å². The Kier molecular flexibility index (Phi) is 7.17. The van der Waals surface area contributed by atoms with Crippen LogP contribution in [0.25, 0.3) is 22.4 Å². The number of hydrogen-bond acceptors (Lipinski definition) is 3. The lowest BCUT2D eigenvalue weighted by molar-refractivity contribution is 0.0951. The van der Waals surface area contributed by atoms with E-state index in [-0.39, 0.29) is 5.91 Å². The molecule has 0 spiro atoms. The first-order valence-corrected chi connectivity index (χ1v) is 10.6. The SMILES string of the molecule is CCN(CC)CCCNC(=O)c1ccc(-c2nc3cc(Cl)c(Cl)cc3[nH]2)c(C)c1. The fourth-order valence-electron chi connectivity index (χ4n) is 3.35. The number of carbonyl (C=O) groups excluding carboxylic acids is 1. The number of halogens is 2. The highest BCUT2D eigenvalue weighted by Crippen LogP contribution is 2.30. The van der Waals surface area contributed by atoms with Crippen molar-refractivity contribution >= 4 is 40.1 Å². The minimum absolute atomic E-state index is 0.0534. The molecule has 29 heavy (non-hydrogen) atoms. The van der Waals surface area contributed by atoms with E-state index < -0.39 is 0 Å². The van der Waals surface area contributed by atoms with E-state index in [9.17, 15) is 4.79 Å². The molecule has 0 bridgehead atoms. The molecule has 1 heterocycles. The lowest BCUT2D eigenvalue weighted by Gasteiger charge is -2.17. The van der Waals surface area contributed by atoms with Crippen LogP contribution in [0.15, 0.2) is 30.3 Å². The molecule has 7 heteroatoms. The number of aryl methyl sites for hydroxylation is 1. The topological polar surface area (TPSA) is 61.0 Å². The molecule has 2 aromatic carbocycles. The van der Waals surface area contributed by atoms with Gasteiger partial charge in [0, 0.05) is 17.7 Å². The van der Waals surface area contributed by atoms with Gasteiger partial charge in [0.1, 0.15) is 5.82 Å². The molecule has 0 aliphatic carbocycles. The zero-order valence-corrected chi connectivity index (χ0v) is 18.5. The van der Waals surface area contributed by atoms with Crippen LogP contribution in [0.1, 0.15) is 36.2 Å². The van der Waals surface area contributed by atoms with Crippen molar-refractivity contribution in [2.75, 3.05) is 26.2 Å². The summed E-state index contributed by atoms with van der Waals surface area (Å²) in [7, 11) is 0. The van der Waals surface area contributed by atoms with Gasteiger partial charge in [-0.1, -0.05) is 43.1 Å². The molecule has 2 N–H and O–H groups in total. The smallest absolute Gasteiger partial charge is 0.251 e. The van der Waals surface area contributed by atoms with Crippen LogP contribution < -0.4 is 5.32 Å². The van der Waals surface area contributed by atoms with Gasteiger partial charge in [0.25, 0.3) is 5.91 Å². The van der Waals surface area contributed by atoms with Crippen molar-refractivity contribution in [2.24, 2.45) is 0 Å². The van der Waals surface area contributed by atoms with Crippen LogP contribution >= 0.6 is 23.2 Å². The van der Waals surface area contributed by atoms with E-state index in [0.29, 0.717) is 22.2 Å². The van der Waals surface area contributed by atoms with Gasteiger partial charge >= 0.3 is 0 Å². The van der Waals surface area contributed by atoms with Crippen molar-refractivity contribution in [1.29, 1.82) is 0 Å². The molecule has 0 radical (unpaired) electrons. The molecule has 0 aliphatic rings. The lowest BCUT2D eigenvalue weighted by atomic mass is 10.0. The van der Waals surface area contributed by atoms with Gasteiger partial charge in [0.2, 0.25) is 0 Å². The third kappa shape index (κ3) is 5.10. The van der Waals surface area contributed by atoms with E-state index in [0.717, 1.165) is 54.0 Å². The minimum Gasteiger partial charge on any atom is -0.352 e. The van der Waals surface area contributed by atoms with Gasteiger partial charge in [-0.15, -0.1) is 0 Å². The summed E-state index contributed by atoms with van der Waals surface area (Å²) >= 11 is 12.2. The number of H-pyrrole nitrogens is 1. The summed E-state index contributed by atoms with van der Waals surface area (Å²) in [6.45, 7) is 10.00. The predicted molar refractivity (Wildman–Crippen MR) is 121 cm³/mol. The van der Waals surface area contributed by atoms with E-state index in [1.54, 1.807) is 12.1 Å². The standard InChI is InChI=1S/C22H26Cl2N4O/c1-4-28(5-2)10-6-9-25-22(29)15-7-8-16(14(3)11-15)21-26-19-12-17(23)18(24)13-20(19)27-21/h7-8,11-13H,4-6,9-10H2,1-3H3,(H,25,29)(H,26,27). The van der Waals surface area contributed by atoms with E-state index in [4.69, 9.17) is 23.2 Å². The highest BCUT2D eigenvalue weighted by molar-refractivity contribution is 6.42. The first-order valence-electron chi connectivity index (χ1n) is 9.89. The number of rotatable bonds is 8. The molecule has 0 aliphatic heterocycles. The largest absolute Gasteiger partial charge is 0.352 e. The molecular formula is C22H26Cl2N4O. The van der Waals surface area contributed by atoms with Gasteiger partial charge < -0.3 is 15.2 Å². The van der Waals surface area contributed by atoms with Gasteiger partial charge in [-0.2, -0.15) is 0 Å². The molecule has 1 amide bonds. The molecule has 5 nitrogen and oxygen atoms in total. The number of imidazole rings is 1. The summed E-state index contributed by atoms with van der Waals surface area (Å²) in [4.78, 5) is 22.7.